The predicted molar refractivity (Wildman–Crippen MR) is 85.6 cm³/mol. The van der Waals surface area contributed by atoms with E-state index in [1.165, 1.54) is 0 Å². The third kappa shape index (κ3) is 5.15. The van der Waals surface area contributed by atoms with Crippen molar-refractivity contribution in [1.29, 1.82) is 0 Å². The van der Waals surface area contributed by atoms with Gasteiger partial charge in [0.1, 0.15) is 0 Å². The number of benzene rings is 1. The summed E-state index contributed by atoms with van der Waals surface area (Å²) in [5.74, 6) is 0.484. The zero-order chi connectivity index (χ0) is 15.9. The Bertz CT molecular complexity index is 505. The SMILES string of the molecule is CC(C)CC(=O)Nc1ccc(CC(=O)N2CCOCC2)cc1. The van der Waals surface area contributed by atoms with Gasteiger partial charge >= 0.3 is 0 Å². The molecule has 1 heterocycles. The van der Waals surface area contributed by atoms with Crippen LogP contribution in [-0.2, 0) is 20.7 Å². The van der Waals surface area contributed by atoms with Crippen LogP contribution in [0, 0.1) is 5.92 Å². The lowest BCUT2D eigenvalue weighted by Gasteiger charge is -2.26. The molecule has 1 aliphatic heterocycles. The van der Waals surface area contributed by atoms with Gasteiger partial charge in [0.05, 0.1) is 19.6 Å². The molecule has 1 fully saturated rings. The van der Waals surface area contributed by atoms with Crippen LogP contribution in [0.5, 0.6) is 0 Å². The fourth-order valence-electron chi connectivity index (χ4n) is 2.39. The molecule has 0 atom stereocenters. The van der Waals surface area contributed by atoms with E-state index in [0.29, 0.717) is 45.1 Å². The Morgan fingerprint density at radius 2 is 1.82 bits per heavy atom. The van der Waals surface area contributed by atoms with Crippen molar-refractivity contribution in [2.24, 2.45) is 5.92 Å². The van der Waals surface area contributed by atoms with E-state index in [4.69, 9.17) is 4.74 Å². The largest absolute Gasteiger partial charge is 0.378 e. The lowest BCUT2D eigenvalue weighted by Crippen LogP contribution is -2.41. The van der Waals surface area contributed by atoms with Gasteiger partial charge in [-0.05, 0) is 23.6 Å². The van der Waals surface area contributed by atoms with Gasteiger partial charge in [0.25, 0.3) is 0 Å². The molecule has 0 radical (unpaired) electrons. The van der Waals surface area contributed by atoms with Gasteiger partial charge in [-0.3, -0.25) is 9.59 Å². The normalized spacial score (nSPS) is 15.0. The van der Waals surface area contributed by atoms with E-state index < -0.39 is 0 Å². The highest BCUT2D eigenvalue weighted by molar-refractivity contribution is 5.90. The van der Waals surface area contributed by atoms with Gasteiger partial charge in [-0.25, -0.2) is 0 Å². The number of hydrogen-bond acceptors (Lipinski definition) is 3. The standard InChI is InChI=1S/C17H24N2O3/c1-13(2)11-16(20)18-15-5-3-14(4-6-15)12-17(21)19-7-9-22-10-8-19/h3-6,13H,7-12H2,1-2H3,(H,18,20). The molecule has 1 aromatic carbocycles. The number of nitrogens with one attached hydrogen (secondary N) is 1. The molecule has 22 heavy (non-hydrogen) atoms. The molecule has 2 rings (SSSR count). The lowest BCUT2D eigenvalue weighted by molar-refractivity contribution is -0.134. The molecule has 1 aliphatic rings. The van der Waals surface area contributed by atoms with Crippen LogP contribution < -0.4 is 5.32 Å². The van der Waals surface area contributed by atoms with E-state index in [1.807, 2.05) is 43.0 Å². The molecule has 1 aromatic rings. The summed E-state index contributed by atoms with van der Waals surface area (Å²) in [5.41, 5.74) is 1.73. The Balaban J connectivity index is 1.86. The molecule has 2 amide bonds. The summed E-state index contributed by atoms with van der Waals surface area (Å²) >= 11 is 0. The number of rotatable bonds is 5. The molecule has 0 spiro atoms. The van der Waals surface area contributed by atoms with Crippen LogP contribution in [0.3, 0.4) is 0 Å². The molecule has 0 unspecified atom stereocenters. The fraction of sp³-hybridized carbons (Fsp3) is 0.529. The summed E-state index contributed by atoms with van der Waals surface area (Å²) < 4.78 is 5.25. The highest BCUT2D eigenvalue weighted by Crippen LogP contribution is 2.13. The zero-order valence-corrected chi connectivity index (χ0v) is 13.3. The van der Waals surface area contributed by atoms with Crippen molar-refractivity contribution in [3.05, 3.63) is 29.8 Å². The number of carbonyl (C=O) groups excluding carboxylic acids is 2. The minimum atomic E-state index is 0.0205. The molecule has 1 saturated heterocycles. The highest BCUT2D eigenvalue weighted by atomic mass is 16.5. The van der Waals surface area contributed by atoms with Crippen LogP contribution in [0.15, 0.2) is 24.3 Å². The third-order valence-electron chi connectivity index (χ3n) is 3.55. The van der Waals surface area contributed by atoms with E-state index in [9.17, 15) is 9.59 Å². The van der Waals surface area contributed by atoms with Crippen LogP contribution in [0.2, 0.25) is 0 Å². The van der Waals surface area contributed by atoms with Crippen LogP contribution >= 0.6 is 0 Å². The van der Waals surface area contributed by atoms with E-state index in [0.717, 1.165) is 11.3 Å². The summed E-state index contributed by atoms with van der Waals surface area (Å²) in [6.07, 6.45) is 0.900. The number of amides is 2. The molecule has 0 bridgehead atoms. The van der Waals surface area contributed by atoms with Gasteiger partial charge in [-0.15, -0.1) is 0 Å². The van der Waals surface area contributed by atoms with Gasteiger partial charge in [0.15, 0.2) is 0 Å². The lowest BCUT2D eigenvalue weighted by atomic mass is 10.1. The Morgan fingerprint density at radius 3 is 2.41 bits per heavy atom. The van der Waals surface area contributed by atoms with Gasteiger partial charge < -0.3 is 15.0 Å². The number of morpholine rings is 1. The molecule has 0 aromatic heterocycles. The number of hydrogen-bond donors (Lipinski definition) is 1. The molecular weight excluding hydrogens is 280 g/mol. The topological polar surface area (TPSA) is 58.6 Å². The minimum Gasteiger partial charge on any atom is -0.378 e. The molecule has 0 aliphatic carbocycles. The maximum absolute atomic E-state index is 12.2. The Labute approximate surface area is 131 Å². The van der Waals surface area contributed by atoms with Crippen molar-refractivity contribution in [2.75, 3.05) is 31.6 Å². The summed E-state index contributed by atoms with van der Waals surface area (Å²) in [6.45, 7) is 6.60. The van der Waals surface area contributed by atoms with Crippen molar-refractivity contribution < 1.29 is 14.3 Å². The monoisotopic (exact) mass is 304 g/mol. The van der Waals surface area contributed by atoms with E-state index in [2.05, 4.69) is 5.32 Å². The molecule has 0 saturated carbocycles. The first-order valence-corrected chi connectivity index (χ1v) is 7.79. The third-order valence-corrected chi connectivity index (χ3v) is 3.55. The Morgan fingerprint density at radius 1 is 1.18 bits per heavy atom. The molecule has 5 nitrogen and oxygen atoms in total. The Hall–Kier alpha value is -1.88. The molecule has 5 heteroatoms. The smallest absolute Gasteiger partial charge is 0.227 e. The number of anilines is 1. The summed E-state index contributed by atoms with van der Waals surface area (Å²) in [4.78, 5) is 25.7. The van der Waals surface area contributed by atoms with Crippen molar-refractivity contribution >= 4 is 17.5 Å². The molecule has 1 N–H and O–H groups in total. The van der Waals surface area contributed by atoms with Crippen LogP contribution in [0.1, 0.15) is 25.8 Å². The quantitative estimate of drug-likeness (QED) is 0.906. The second-order valence-corrected chi connectivity index (χ2v) is 6.01. The van der Waals surface area contributed by atoms with E-state index in [1.54, 1.807) is 0 Å². The second-order valence-electron chi connectivity index (χ2n) is 6.01. The zero-order valence-electron chi connectivity index (χ0n) is 13.3. The average molecular weight is 304 g/mol. The van der Waals surface area contributed by atoms with Crippen LogP contribution in [0.4, 0.5) is 5.69 Å². The van der Waals surface area contributed by atoms with Gasteiger partial charge in [-0.1, -0.05) is 26.0 Å². The van der Waals surface area contributed by atoms with E-state index in [-0.39, 0.29) is 11.8 Å². The van der Waals surface area contributed by atoms with Crippen molar-refractivity contribution in [3.63, 3.8) is 0 Å². The summed E-state index contributed by atoms with van der Waals surface area (Å²) in [7, 11) is 0. The minimum absolute atomic E-state index is 0.0205. The van der Waals surface area contributed by atoms with Gasteiger partial charge in [0, 0.05) is 25.2 Å². The Kier molecular flexibility index (Phi) is 5.95. The van der Waals surface area contributed by atoms with Crippen LogP contribution in [-0.4, -0.2) is 43.0 Å². The first kappa shape index (κ1) is 16.5. The summed E-state index contributed by atoms with van der Waals surface area (Å²) in [6, 6.07) is 7.48. The predicted octanol–water partition coefficient (Wildman–Crippen LogP) is 2.07. The van der Waals surface area contributed by atoms with Crippen molar-refractivity contribution in [2.45, 2.75) is 26.7 Å². The number of nitrogens with zero attached hydrogens (tertiary/aromatic N) is 1. The molecular formula is C17H24N2O3. The van der Waals surface area contributed by atoms with Gasteiger partial charge in [0.2, 0.25) is 11.8 Å². The summed E-state index contributed by atoms with van der Waals surface area (Å²) in [5, 5.41) is 2.87. The van der Waals surface area contributed by atoms with Gasteiger partial charge in [-0.2, -0.15) is 0 Å². The maximum atomic E-state index is 12.2. The number of ether oxygens (including phenoxy) is 1. The van der Waals surface area contributed by atoms with Crippen LogP contribution in [0.25, 0.3) is 0 Å². The first-order chi connectivity index (χ1) is 10.5. The molecule has 120 valence electrons. The van der Waals surface area contributed by atoms with Crippen molar-refractivity contribution in [3.8, 4) is 0 Å². The highest BCUT2D eigenvalue weighted by Gasteiger charge is 2.16. The maximum Gasteiger partial charge on any atom is 0.227 e. The first-order valence-electron chi connectivity index (χ1n) is 7.79. The average Bonchev–Trinajstić information content (AvgIpc) is 2.49. The number of carbonyl (C=O) groups is 2. The van der Waals surface area contributed by atoms with E-state index >= 15 is 0 Å². The van der Waals surface area contributed by atoms with Crippen molar-refractivity contribution in [1.82, 2.24) is 4.90 Å². The second kappa shape index (κ2) is 7.94. The fourth-order valence-corrected chi connectivity index (χ4v) is 2.39.